The topological polar surface area (TPSA) is 142 Å². The van der Waals surface area contributed by atoms with E-state index < -0.39 is 11.4 Å². The van der Waals surface area contributed by atoms with Crippen LogP contribution in [-0.2, 0) is 21.5 Å². The Morgan fingerprint density at radius 3 is 2.75 bits per heavy atom. The van der Waals surface area contributed by atoms with Crippen LogP contribution in [0.5, 0.6) is 0 Å². The van der Waals surface area contributed by atoms with Gasteiger partial charge in [-0.3, -0.25) is 9.78 Å². The highest BCUT2D eigenvalue weighted by Crippen LogP contribution is 2.35. The number of rotatable bonds is 7. The molecule has 184 valence electrons. The summed E-state index contributed by atoms with van der Waals surface area (Å²) in [6.07, 6.45) is 2.25. The minimum absolute atomic E-state index is 0.00478. The van der Waals surface area contributed by atoms with Gasteiger partial charge in [0.25, 0.3) is 0 Å². The van der Waals surface area contributed by atoms with Crippen molar-refractivity contribution in [1.82, 2.24) is 29.9 Å². The van der Waals surface area contributed by atoms with Crippen molar-refractivity contribution >= 4 is 11.9 Å². The van der Waals surface area contributed by atoms with E-state index in [4.69, 9.17) is 15.5 Å². The predicted molar refractivity (Wildman–Crippen MR) is 128 cm³/mol. The first-order valence-electron chi connectivity index (χ1n) is 11.4. The number of benzene rings is 1. The Labute approximate surface area is 206 Å². The second kappa shape index (κ2) is 9.42. The summed E-state index contributed by atoms with van der Waals surface area (Å²) in [5, 5.41) is 17.8. The van der Waals surface area contributed by atoms with Crippen molar-refractivity contribution in [1.29, 1.82) is 0 Å². The van der Waals surface area contributed by atoms with Crippen LogP contribution in [0.1, 0.15) is 29.8 Å². The summed E-state index contributed by atoms with van der Waals surface area (Å²) in [7, 11) is 0. The van der Waals surface area contributed by atoms with Gasteiger partial charge in [-0.2, -0.15) is 0 Å². The first kappa shape index (κ1) is 23.5. The Hall–Kier alpha value is -4.25. The van der Waals surface area contributed by atoms with E-state index in [0.29, 0.717) is 65.8 Å². The summed E-state index contributed by atoms with van der Waals surface area (Å²) in [5.41, 5.74) is 8.69. The predicted octanol–water partition coefficient (Wildman–Crippen LogP) is 3.01. The van der Waals surface area contributed by atoms with E-state index in [1.54, 1.807) is 42.1 Å². The molecule has 0 spiro atoms. The Morgan fingerprint density at radius 1 is 1.17 bits per heavy atom. The van der Waals surface area contributed by atoms with E-state index in [2.05, 4.69) is 20.3 Å². The SMILES string of the molecule is Cc1cccc(-c2cc(-c3cn(Cc4cccc(C5(CC(=O)O)CCOC5)n4)nn3)nc(N)n2)c1F. The molecule has 1 fully saturated rings. The van der Waals surface area contributed by atoms with Crippen molar-refractivity contribution in [3.05, 3.63) is 71.4 Å². The number of carboxylic acids is 1. The fourth-order valence-electron chi connectivity index (χ4n) is 4.43. The Kier molecular flexibility index (Phi) is 6.15. The second-order valence-electron chi connectivity index (χ2n) is 8.90. The first-order chi connectivity index (χ1) is 17.3. The number of carbonyl (C=O) groups is 1. The number of anilines is 1. The van der Waals surface area contributed by atoms with Gasteiger partial charge in [0.2, 0.25) is 5.95 Å². The van der Waals surface area contributed by atoms with Crippen LogP contribution in [0.4, 0.5) is 10.3 Å². The number of aryl methyl sites for hydroxylation is 1. The third kappa shape index (κ3) is 4.65. The summed E-state index contributed by atoms with van der Waals surface area (Å²) >= 11 is 0. The maximum Gasteiger partial charge on any atom is 0.304 e. The van der Waals surface area contributed by atoms with Gasteiger partial charge in [-0.15, -0.1) is 5.10 Å². The molecule has 36 heavy (non-hydrogen) atoms. The average Bonchev–Trinajstić information content (AvgIpc) is 3.51. The van der Waals surface area contributed by atoms with Crippen LogP contribution in [0.15, 0.2) is 48.7 Å². The van der Waals surface area contributed by atoms with Crippen LogP contribution >= 0.6 is 0 Å². The molecule has 0 amide bonds. The molecule has 3 aromatic heterocycles. The van der Waals surface area contributed by atoms with E-state index >= 15 is 0 Å². The molecule has 4 heterocycles. The lowest BCUT2D eigenvalue weighted by molar-refractivity contribution is -0.138. The molecule has 11 heteroatoms. The highest BCUT2D eigenvalue weighted by atomic mass is 19.1. The molecule has 5 rings (SSSR count). The Balaban J connectivity index is 1.41. The molecule has 1 saturated heterocycles. The van der Waals surface area contributed by atoms with Gasteiger partial charge in [0, 0.05) is 23.3 Å². The highest BCUT2D eigenvalue weighted by Gasteiger charge is 2.40. The van der Waals surface area contributed by atoms with Gasteiger partial charge in [0.15, 0.2) is 0 Å². The van der Waals surface area contributed by atoms with Gasteiger partial charge < -0.3 is 15.6 Å². The molecule has 0 radical (unpaired) electrons. The zero-order valence-corrected chi connectivity index (χ0v) is 19.6. The number of hydrogen-bond acceptors (Lipinski definition) is 8. The third-order valence-corrected chi connectivity index (χ3v) is 6.28. The summed E-state index contributed by atoms with van der Waals surface area (Å²) in [6.45, 7) is 2.82. The van der Waals surface area contributed by atoms with Gasteiger partial charge in [-0.05, 0) is 43.2 Å². The van der Waals surface area contributed by atoms with Crippen molar-refractivity contribution in [3.63, 3.8) is 0 Å². The monoisotopic (exact) mass is 489 g/mol. The van der Waals surface area contributed by atoms with Gasteiger partial charge in [0.05, 0.1) is 42.9 Å². The maximum atomic E-state index is 14.7. The molecule has 1 aliphatic rings. The van der Waals surface area contributed by atoms with E-state index in [1.807, 2.05) is 18.2 Å². The Morgan fingerprint density at radius 2 is 1.97 bits per heavy atom. The minimum atomic E-state index is -0.886. The lowest BCUT2D eigenvalue weighted by Crippen LogP contribution is -2.31. The third-order valence-electron chi connectivity index (χ3n) is 6.28. The zero-order chi connectivity index (χ0) is 25.3. The number of aromatic nitrogens is 6. The van der Waals surface area contributed by atoms with Crippen LogP contribution in [0.25, 0.3) is 22.6 Å². The van der Waals surface area contributed by atoms with Gasteiger partial charge in [0.1, 0.15) is 11.5 Å². The van der Waals surface area contributed by atoms with Gasteiger partial charge >= 0.3 is 5.97 Å². The number of nitrogen functional groups attached to an aromatic ring is 1. The molecule has 1 unspecified atom stereocenters. The number of pyridine rings is 1. The minimum Gasteiger partial charge on any atom is -0.481 e. The van der Waals surface area contributed by atoms with Crippen LogP contribution in [0.2, 0.25) is 0 Å². The summed E-state index contributed by atoms with van der Waals surface area (Å²) in [4.78, 5) is 24.6. The zero-order valence-electron chi connectivity index (χ0n) is 19.6. The molecule has 0 bridgehead atoms. The molecule has 1 atom stereocenters. The van der Waals surface area contributed by atoms with Crippen LogP contribution < -0.4 is 5.73 Å². The number of carboxylic acid groups (broad SMARTS) is 1. The van der Waals surface area contributed by atoms with Crippen LogP contribution in [0.3, 0.4) is 0 Å². The second-order valence-corrected chi connectivity index (χ2v) is 8.90. The van der Waals surface area contributed by atoms with Crippen molar-refractivity contribution in [2.45, 2.75) is 31.7 Å². The molecule has 1 aromatic carbocycles. The smallest absolute Gasteiger partial charge is 0.304 e. The molecule has 0 saturated carbocycles. The molecule has 1 aliphatic heterocycles. The van der Waals surface area contributed by atoms with Crippen molar-refractivity contribution in [2.75, 3.05) is 18.9 Å². The van der Waals surface area contributed by atoms with E-state index in [0.717, 1.165) is 0 Å². The van der Waals surface area contributed by atoms with Crippen molar-refractivity contribution in [2.24, 2.45) is 0 Å². The number of aliphatic carboxylic acids is 1. The lowest BCUT2D eigenvalue weighted by Gasteiger charge is -2.25. The molecular weight excluding hydrogens is 465 g/mol. The number of halogens is 1. The van der Waals surface area contributed by atoms with Crippen LogP contribution in [0, 0.1) is 12.7 Å². The summed E-state index contributed by atoms with van der Waals surface area (Å²) < 4.78 is 21.8. The quantitative estimate of drug-likeness (QED) is 0.400. The van der Waals surface area contributed by atoms with E-state index in [-0.39, 0.29) is 18.2 Å². The number of hydrogen-bond donors (Lipinski definition) is 2. The fourth-order valence-corrected chi connectivity index (χ4v) is 4.43. The normalized spacial score (nSPS) is 17.4. The molecular formula is C25H24FN7O3. The first-order valence-corrected chi connectivity index (χ1v) is 11.4. The lowest BCUT2D eigenvalue weighted by atomic mass is 9.80. The molecule has 0 aliphatic carbocycles. The number of ether oxygens (including phenoxy) is 1. The van der Waals surface area contributed by atoms with E-state index in [1.165, 1.54) is 0 Å². The largest absolute Gasteiger partial charge is 0.481 e. The average molecular weight is 490 g/mol. The summed E-state index contributed by atoms with van der Waals surface area (Å²) in [5.74, 6) is -1.26. The van der Waals surface area contributed by atoms with Gasteiger partial charge in [-0.25, -0.2) is 19.0 Å². The van der Waals surface area contributed by atoms with Crippen molar-refractivity contribution in [3.8, 4) is 22.6 Å². The standard InChI is InChI=1S/C25H24FN7O3/c1-15-4-2-6-17(23(15)26)18-10-19(30-24(27)29-18)20-13-33(32-31-20)12-16-5-3-7-21(28-16)25(11-22(34)35)8-9-36-14-25/h2-7,10,13H,8-9,11-12,14H2,1H3,(H,34,35)(H2,27,29,30). The highest BCUT2D eigenvalue weighted by molar-refractivity contribution is 5.69. The molecule has 4 aromatic rings. The maximum absolute atomic E-state index is 14.7. The van der Waals surface area contributed by atoms with E-state index in [9.17, 15) is 14.3 Å². The van der Waals surface area contributed by atoms with Gasteiger partial charge in [-0.1, -0.05) is 23.4 Å². The summed E-state index contributed by atoms with van der Waals surface area (Å²) in [6, 6.07) is 12.2. The van der Waals surface area contributed by atoms with Crippen LogP contribution in [-0.4, -0.2) is 54.2 Å². The Bertz CT molecular complexity index is 1430. The number of nitrogens with two attached hydrogens (primary N) is 1. The number of nitrogens with zero attached hydrogens (tertiary/aromatic N) is 6. The molecule has 10 nitrogen and oxygen atoms in total. The van der Waals surface area contributed by atoms with Crippen molar-refractivity contribution < 1.29 is 19.0 Å². The molecule has 3 N–H and O–H groups in total. The fraction of sp³-hybridized carbons (Fsp3) is 0.280.